The first-order valence-corrected chi connectivity index (χ1v) is 10.1. The van der Waals surface area contributed by atoms with Gasteiger partial charge < -0.3 is 5.11 Å². The van der Waals surface area contributed by atoms with E-state index in [9.17, 15) is 9.90 Å². The normalized spacial score (nSPS) is 21.8. The number of likely N-dealkylation sites (tertiary alicyclic amines) is 1. The van der Waals surface area contributed by atoms with E-state index in [-0.39, 0.29) is 24.4 Å². The minimum atomic E-state index is -0.693. The van der Waals surface area contributed by atoms with Crippen molar-refractivity contribution in [3.8, 4) is 0 Å². The number of nitrogens with zero attached hydrogens (tertiary/aromatic N) is 1. The summed E-state index contributed by atoms with van der Waals surface area (Å²) in [5.74, 6) is 0.0885. The summed E-state index contributed by atoms with van der Waals surface area (Å²) in [7, 11) is 0. The van der Waals surface area contributed by atoms with Gasteiger partial charge in [-0.25, -0.2) is 0 Å². The Morgan fingerprint density at radius 3 is 2.41 bits per heavy atom. The largest absolute Gasteiger partial charge is 0.481 e. The van der Waals surface area contributed by atoms with Gasteiger partial charge in [0, 0.05) is 18.5 Å². The highest BCUT2D eigenvalue weighted by Gasteiger charge is 2.35. The molecule has 148 valence electrons. The van der Waals surface area contributed by atoms with Crippen LogP contribution in [0.5, 0.6) is 0 Å². The standard InChI is InChI=1S/C24H35NO2/c1-16(2)13-22(19(6)17(3)4)25-12-11-20(15-24(26)27)14-23(25)21-9-7-18(5)8-10-21/h7-10,16,20,22-23H,3,6,11-15H2,1-2,4-5H3,(H,26,27)/t20-,22+,23+/m1/s1. The molecule has 0 bridgehead atoms. The van der Waals surface area contributed by atoms with Crippen molar-refractivity contribution in [3.05, 3.63) is 59.7 Å². The molecule has 27 heavy (non-hydrogen) atoms. The summed E-state index contributed by atoms with van der Waals surface area (Å²) in [6.07, 6.45) is 3.10. The molecule has 0 aromatic heterocycles. The number of benzene rings is 1. The van der Waals surface area contributed by atoms with Crippen LogP contribution in [0.4, 0.5) is 0 Å². The number of rotatable bonds is 8. The van der Waals surface area contributed by atoms with E-state index < -0.39 is 5.97 Å². The number of hydrogen-bond acceptors (Lipinski definition) is 2. The van der Waals surface area contributed by atoms with Crippen molar-refractivity contribution < 1.29 is 9.90 Å². The van der Waals surface area contributed by atoms with Crippen LogP contribution in [-0.4, -0.2) is 28.6 Å². The quantitative estimate of drug-likeness (QED) is 0.591. The Hall–Kier alpha value is -1.87. The molecule has 0 amide bonds. The Morgan fingerprint density at radius 2 is 1.89 bits per heavy atom. The highest BCUT2D eigenvalue weighted by atomic mass is 16.4. The van der Waals surface area contributed by atoms with Crippen molar-refractivity contribution in [2.75, 3.05) is 6.54 Å². The number of aliphatic carboxylic acids is 1. The predicted molar refractivity (Wildman–Crippen MR) is 113 cm³/mol. The number of carboxylic acids is 1. The van der Waals surface area contributed by atoms with Crippen molar-refractivity contribution in [3.63, 3.8) is 0 Å². The molecule has 1 aliphatic rings. The van der Waals surface area contributed by atoms with Crippen LogP contribution in [-0.2, 0) is 4.79 Å². The van der Waals surface area contributed by atoms with Gasteiger partial charge in [0.25, 0.3) is 0 Å². The number of piperidine rings is 1. The Bertz CT molecular complexity index is 674. The molecule has 0 radical (unpaired) electrons. The predicted octanol–water partition coefficient (Wildman–Crippen LogP) is 5.77. The summed E-state index contributed by atoms with van der Waals surface area (Å²) in [5.41, 5.74) is 4.67. The van der Waals surface area contributed by atoms with E-state index in [1.54, 1.807) is 0 Å². The molecular formula is C24H35NO2. The Kier molecular flexibility index (Phi) is 7.43. The zero-order valence-corrected chi connectivity index (χ0v) is 17.4. The maximum absolute atomic E-state index is 11.3. The molecule has 1 fully saturated rings. The minimum absolute atomic E-state index is 0.225. The van der Waals surface area contributed by atoms with Crippen LogP contribution in [0.3, 0.4) is 0 Å². The molecule has 3 atom stereocenters. The fraction of sp³-hybridized carbons (Fsp3) is 0.542. The van der Waals surface area contributed by atoms with Gasteiger partial charge in [-0.3, -0.25) is 9.69 Å². The monoisotopic (exact) mass is 369 g/mol. The van der Waals surface area contributed by atoms with Gasteiger partial charge in [-0.1, -0.05) is 62.4 Å². The third kappa shape index (κ3) is 5.80. The summed E-state index contributed by atoms with van der Waals surface area (Å²) in [4.78, 5) is 13.8. The fourth-order valence-corrected chi connectivity index (χ4v) is 4.19. The van der Waals surface area contributed by atoms with E-state index in [0.717, 1.165) is 37.0 Å². The lowest BCUT2D eigenvalue weighted by molar-refractivity contribution is -0.138. The lowest BCUT2D eigenvalue weighted by Crippen LogP contribution is -2.45. The van der Waals surface area contributed by atoms with Gasteiger partial charge in [-0.05, 0) is 62.6 Å². The zero-order chi connectivity index (χ0) is 20.1. The molecule has 2 rings (SSSR count). The van der Waals surface area contributed by atoms with E-state index in [4.69, 9.17) is 0 Å². The third-order valence-corrected chi connectivity index (χ3v) is 5.72. The average molecular weight is 370 g/mol. The molecule has 0 aliphatic carbocycles. The van der Waals surface area contributed by atoms with Crippen molar-refractivity contribution in [1.82, 2.24) is 4.90 Å². The molecule has 1 aromatic carbocycles. The SMILES string of the molecule is C=C(C)C(=C)[C@H](CC(C)C)N1CC[C@@H](CC(=O)O)C[C@H]1c1ccc(C)cc1. The van der Waals surface area contributed by atoms with Crippen LogP contribution in [0.1, 0.15) is 63.6 Å². The van der Waals surface area contributed by atoms with Crippen LogP contribution < -0.4 is 0 Å². The van der Waals surface area contributed by atoms with Crippen molar-refractivity contribution in [2.24, 2.45) is 11.8 Å². The van der Waals surface area contributed by atoms with Crippen LogP contribution in [0.25, 0.3) is 0 Å². The van der Waals surface area contributed by atoms with Gasteiger partial charge in [0.05, 0.1) is 0 Å². The van der Waals surface area contributed by atoms with Crippen molar-refractivity contribution >= 4 is 5.97 Å². The maximum Gasteiger partial charge on any atom is 0.303 e. The molecule has 0 saturated carbocycles. The molecule has 1 saturated heterocycles. The fourth-order valence-electron chi connectivity index (χ4n) is 4.19. The molecule has 0 spiro atoms. The first-order chi connectivity index (χ1) is 12.7. The van der Waals surface area contributed by atoms with E-state index in [2.05, 4.69) is 63.1 Å². The second kappa shape index (κ2) is 9.36. The van der Waals surface area contributed by atoms with E-state index in [0.29, 0.717) is 5.92 Å². The van der Waals surface area contributed by atoms with Crippen molar-refractivity contribution in [2.45, 2.75) is 65.5 Å². The average Bonchev–Trinajstić information content (AvgIpc) is 2.59. The molecule has 3 nitrogen and oxygen atoms in total. The second-order valence-corrected chi connectivity index (χ2v) is 8.60. The van der Waals surface area contributed by atoms with Crippen LogP contribution in [0.15, 0.2) is 48.6 Å². The Balaban J connectivity index is 2.36. The first kappa shape index (κ1) is 21.4. The van der Waals surface area contributed by atoms with Gasteiger partial charge >= 0.3 is 5.97 Å². The Morgan fingerprint density at radius 1 is 1.26 bits per heavy atom. The molecule has 1 heterocycles. The second-order valence-electron chi connectivity index (χ2n) is 8.60. The van der Waals surface area contributed by atoms with Crippen molar-refractivity contribution in [1.29, 1.82) is 0 Å². The number of carbonyl (C=O) groups is 1. The highest BCUT2D eigenvalue weighted by Crippen LogP contribution is 2.40. The van der Waals surface area contributed by atoms with Gasteiger partial charge in [0.15, 0.2) is 0 Å². The smallest absolute Gasteiger partial charge is 0.303 e. The van der Waals surface area contributed by atoms with E-state index >= 15 is 0 Å². The lowest BCUT2D eigenvalue weighted by atomic mass is 9.81. The molecule has 1 aliphatic heterocycles. The molecule has 1 N–H and O–H groups in total. The van der Waals surface area contributed by atoms with Gasteiger partial charge in [-0.15, -0.1) is 0 Å². The first-order valence-electron chi connectivity index (χ1n) is 10.1. The van der Waals surface area contributed by atoms with Crippen LogP contribution in [0, 0.1) is 18.8 Å². The highest BCUT2D eigenvalue weighted by molar-refractivity contribution is 5.67. The summed E-state index contributed by atoms with van der Waals surface area (Å²) < 4.78 is 0. The van der Waals surface area contributed by atoms with E-state index in [1.165, 1.54) is 11.1 Å². The van der Waals surface area contributed by atoms with E-state index in [1.807, 2.05) is 6.92 Å². The molecule has 1 aromatic rings. The van der Waals surface area contributed by atoms with Gasteiger partial charge in [-0.2, -0.15) is 0 Å². The number of hydrogen-bond donors (Lipinski definition) is 1. The summed E-state index contributed by atoms with van der Waals surface area (Å²) in [6, 6.07) is 9.18. The summed E-state index contributed by atoms with van der Waals surface area (Å²) in [6.45, 7) is 18.0. The summed E-state index contributed by atoms with van der Waals surface area (Å²) >= 11 is 0. The lowest BCUT2D eigenvalue weighted by Gasteiger charge is -2.45. The minimum Gasteiger partial charge on any atom is -0.481 e. The number of carboxylic acid groups (broad SMARTS) is 1. The van der Waals surface area contributed by atoms with Gasteiger partial charge in [0.1, 0.15) is 0 Å². The molecule has 0 unspecified atom stereocenters. The molecule has 3 heteroatoms. The third-order valence-electron chi connectivity index (χ3n) is 5.72. The van der Waals surface area contributed by atoms with Crippen LogP contribution in [0.2, 0.25) is 0 Å². The topological polar surface area (TPSA) is 40.5 Å². The summed E-state index contributed by atoms with van der Waals surface area (Å²) in [5, 5.41) is 9.27. The zero-order valence-electron chi connectivity index (χ0n) is 17.4. The Labute approximate surface area is 164 Å². The van der Waals surface area contributed by atoms with Gasteiger partial charge in [0.2, 0.25) is 0 Å². The number of aryl methyl sites for hydroxylation is 1. The molecular weight excluding hydrogens is 334 g/mol. The maximum atomic E-state index is 11.3. The van der Waals surface area contributed by atoms with Crippen LogP contribution >= 0.6 is 0 Å².